The van der Waals surface area contributed by atoms with Crippen molar-refractivity contribution in [2.24, 2.45) is 0 Å². The molecule has 6 heteroatoms. The van der Waals surface area contributed by atoms with Crippen LogP contribution in [0.2, 0.25) is 0 Å². The average Bonchev–Trinajstić information content (AvgIpc) is 3.03. The molecule has 0 radical (unpaired) electrons. The molecule has 27 heavy (non-hydrogen) atoms. The third-order valence-electron chi connectivity index (χ3n) is 5.01. The molecule has 0 bridgehead atoms. The summed E-state index contributed by atoms with van der Waals surface area (Å²) in [7, 11) is 0. The molecule has 1 aliphatic rings. The van der Waals surface area contributed by atoms with Gasteiger partial charge in [0.25, 0.3) is 5.91 Å². The lowest BCUT2D eigenvalue weighted by atomic mass is 10.1. The molecule has 1 saturated heterocycles. The van der Waals surface area contributed by atoms with E-state index >= 15 is 0 Å². The molecule has 140 valence electrons. The Morgan fingerprint density at radius 1 is 1.07 bits per heavy atom. The summed E-state index contributed by atoms with van der Waals surface area (Å²) in [5, 5.41) is 3.25. The molecule has 6 nitrogen and oxygen atoms in total. The molecule has 1 amide bonds. The summed E-state index contributed by atoms with van der Waals surface area (Å²) in [6, 6.07) is 15.4. The number of piperazine rings is 1. The summed E-state index contributed by atoms with van der Waals surface area (Å²) < 4.78 is 6.99. The average molecular weight is 365 g/mol. The number of hydrogen-bond acceptors (Lipinski definition) is 4. The maximum atomic E-state index is 12.7. The number of hydrogen-bond donors (Lipinski definition) is 1. The van der Waals surface area contributed by atoms with Crippen molar-refractivity contribution in [3.63, 3.8) is 0 Å². The van der Waals surface area contributed by atoms with Crippen molar-refractivity contribution in [3.05, 3.63) is 70.2 Å². The molecule has 0 atom stereocenters. The molecule has 4 rings (SSSR count). The van der Waals surface area contributed by atoms with Crippen molar-refractivity contribution in [2.45, 2.75) is 19.4 Å². The molecule has 0 unspecified atom stereocenters. The van der Waals surface area contributed by atoms with Crippen molar-refractivity contribution < 1.29 is 9.21 Å². The number of nitrogens with one attached hydrogen (secondary N) is 1. The Kier molecular flexibility index (Phi) is 5.07. The van der Waals surface area contributed by atoms with E-state index in [0.29, 0.717) is 36.3 Å². The van der Waals surface area contributed by atoms with E-state index in [2.05, 4.69) is 17.4 Å². The first-order valence-electron chi connectivity index (χ1n) is 9.40. The number of fused-ring (bicyclic) bond motifs is 1. The van der Waals surface area contributed by atoms with Gasteiger partial charge in [0.15, 0.2) is 5.58 Å². The summed E-state index contributed by atoms with van der Waals surface area (Å²) >= 11 is 0. The smallest absolute Gasteiger partial charge is 0.408 e. The van der Waals surface area contributed by atoms with Gasteiger partial charge in [-0.1, -0.05) is 30.3 Å². The fourth-order valence-electron chi connectivity index (χ4n) is 3.54. The van der Waals surface area contributed by atoms with Crippen molar-refractivity contribution in [1.29, 1.82) is 0 Å². The molecule has 0 saturated carbocycles. The zero-order valence-electron chi connectivity index (χ0n) is 15.2. The van der Waals surface area contributed by atoms with Gasteiger partial charge in [-0.15, -0.1) is 0 Å². The van der Waals surface area contributed by atoms with E-state index < -0.39 is 0 Å². The Morgan fingerprint density at radius 3 is 2.63 bits per heavy atom. The van der Waals surface area contributed by atoms with Gasteiger partial charge in [-0.25, -0.2) is 4.79 Å². The van der Waals surface area contributed by atoms with E-state index in [4.69, 9.17) is 4.42 Å². The number of rotatable bonds is 5. The molecule has 2 heterocycles. The topological polar surface area (TPSA) is 67.5 Å². The van der Waals surface area contributed by atoms with Crippen molar-refractivity contribution in [3.8, 4) is 0 Å². The Labute approximate surface area is 157 Å². The van der Waals surface area contributed by atoms with Crippen LogP contribution in [0.15, 0.2) is 57.7 Å². The van der Waals surface area contributed by atoms with E-state index in [1.54, 1.807) is 22.8 Å². The second-order valence-electron chi connectivity index (χ2n) is 6.83. The molecule has 0 aliphatic carbocycles. The third-order valence-corrected chi connectivity index (χ3v) is 5.01. The molecule has 0 spiro atoms. The lowest BCUT2D eigenvalue weighted by molar-refractivity contribution is 0.0736. The van der Waals surface area contributed by atoms with Crippen LogP contribution in [0.3, 0.4) is 0 Å². The minimum Gasteiger partial charge on any atom is -0.408 e. The first kappa shape index (κ1) is 17.5. The fourth-order valence-corrected chi connectivity index (χ4v) is 3.54. The molecule has 1 aromatic heterocycles. The van der Waals surface area contributed by atoms with E-state index in [9.17, 15) is 9.59 Å². The van der Waals surface area contributed by atoms with Crippen LogP contribution in [0.4, 0.5) is 0 Å². The standard InChI is InChI=1S/C21H23N3O3/c25-20(23-13-10-22-11-14-23)17-8-9-19-18(15-17)24(21(26)27-19)12-4-7-16-5-2-1-3-6-16/h1-3,5-6,8-9,15,22H,4,7,10-14H2. The lowest BCUT2D eigenvalue weighted by Gasteiger charge is -2.27. The molecular weight excluding hydrogens is 342 g/mol. The Morgan fingerprint density at radius 2 is 1.85 bits per heavy atom. The predicted molar refractivity (Wildman–Crippen MR) is 104 cm³/mol. The van der Waals surface area contributed by atoms with E-state index in [1.807, 2.05) is 23.1 Å². The zero-order chi connectivity index (χ0) is 18.6. The van der Waals surface area contributed by atoms with Crippen LogP contribution in [0, 0.1) is 0 Å². The molecule has 1 N–H and O–H groups in total. The molecule has 1 aliphatic heterocycles. The van der Waals surface area contributed by atoms with Gasteiger partial charge >= 0.3 is 5.76 Å². The van der Waals surface area contributed by atoms with Crippen molar-refractivity contribution in [2.75, 3.05) is 26.2 Å². The summed E-state index contributed by atoms with van der Waals surface area (Å²) in [4.78, 5) is 26.8. The number of oxazole rings is 1. The fraction of sp³-hybridized carbons (Fsp3) is 0.333. The highest BCUT2D eigenvalue weighted by molar-refractivity contribution is 5.97. The number of amides is 1. The van der Waals surface area contributed by atoms with Gasteiger partial charge in [0, 0.05) is 38.3 Å². The van der Waals surface area contributed by atoms with Crippen LogP contribution in [0.5, 0.6) is 0 Å². The van der Waals surface area contributed by atoms with E-state index in [-0.39, 0.29) is 11.7 Å². The SMILES string of the molecule is O=C(c1ccc2oc(=O)n(CCCc3ccccc3)c2c1)N1CCNCC1. The summed E-state index contributed by atoms with van der Waals surface area (Å²) in [5.74, 6) is -0.368. The second-order valence-corrected chi connectivity index (χ2v) is 6.83. The minimum absolute atomic E-state index is 0.00267. The number of carbonyl (C=O) groups is 1. The van der Waals surface area contributed by atoms with Crippen molar-refractivity contribution >= 4 is 17.0 Å². The third kappa shape index (κ3) is 3.80. The van der Waals surface area contributed by atoms with E-state index in [0.717, 1.165) is 25.9 Å². The van der Waals surface area contributed by atoms with Gasteiger partial charge in [0.1, 0.15) is 0 Å². The van der Waals surface area contributed by atoms with Crippen LogP contribution >= 0.6 is 0 Å². The quantitative estimate of drug-likeness (QED) is 0.753. The largest absolute Gasteiger partial charge is 0.419 e. The first-order valence-corrected chi connectivity index (χ1v) is 9.40. The Bertz CT molecular complexity index is 985. The predicted octanol–water partition coefficient (Wildman–Crippen LogP) is 2.27. The minimum atomic E-state index is -0.371. The lowest BCUT2D eigenvalue weighted by Crippen LogP contribution is -2.46. The number of nitrogens with zero attached hydrogens (tertiary/aromatic N) is 2. The number of carbonyl (C=O) groups excluding carboxylic acids is 1. The van der Waals surface area contributed by atoms with Crippen LogP contribution in [-0.2, 0) is 13.0 Å². The normalized spacial score (nSPS) is 14.6. The van der Waals surface area contributed by atoms with Gasteiger partial charge in [-0.3, -0.25) is 9.36 Å². The highest BCUT2D eigenvalue weighted by Crippen LogP contribution is 2.18. The number of benzene rings is 2. The van der Waals surface area contributed by atoms with Crippen LogP contribution in [0.25, 0.3) is 11.1 Å². The van der Waals surface area contributed by atoms with Gasteiger partial charge in [-0.2, -0.15) is 0 Å². The maximum Gasteiger partial charge on any atom is 0.419 e. The zero-order valence-corrected chi connectivity index (χ0v) is 15.2. The summed E-state index contributed by atoms with van der Waals surface area (Å²) in [6.07, 6.45) is 1.72. The van der Waals surface area contributed by atoms with Crippen molar-refractivity contribution in [1.82, 2.24) is 14.8 Å². The number of aryl methyl sites for hydroxylation is 2. The van der Waals surface area contributed by atoms with Crippen LogP contribution in [0.1, 0.15) is 22.3 Å². The monoisotopic (exact) mass is 365 g/mol. The van der Waals surface area contributed by atoms with Gasteiger partial charge in [0.05, 0.1) is 5.52 Å². The second kappa shape index (κ2) is 7.80. The summed E-state index contributed by atoms with van der Waals surface area (Å²) in [6.45, 7) is 3.58. The molecular formula is C21H23N3O3. The Balaban J connectivity index is 1.54. The van der Waals surface area contributed by atoms with Crippen LogP contribution in [-0.4, -0.2) is 41.6 Å². The van der Waals surface area contributed by atoms with Gasteiger partial charge in [0.2, 0.25) is 0 Å². The van der Waals surface area contributed by atoms with E-state index in [1.165, 1.54) is 5.56 Å². The molecule has 1 fully saturated rings. The van der Waals surface area contributed by atoms with Gasteiger partial charge in [-0.05, 0) is 36.6 Å². The number of aromatic nitrogens is 1. The van der Waals surface area contributed by atoms with Crippen LogP contribution < -0.4 is 11.1 Å². The first-order chi connectivity index (χ1) is 13.2. The highest BCUT2D eigenvalue weighted by Gasteiger charge is 2.19. The molecule has 2 aromatic carbocycles. The summed E-state index contributed by atoms with van der Waals surface area (Å²) in [5.41, 5.74) is 3.06. The maximum absolute atomic E-state index is 12.7. The highest BCUT2D eigenvalue weighted by atomic mass is 16.4. The van der Waals surface area contributed by atoms with Gasteiger partial charge < -0.3 is 14.6 Å². The Hall–Kier alpha value is -2.86. The molecule has 3 aromatic rings.